The van der Waals surface area contributed by atoms with E-state index in [1.54, 1.807) is 0 Å². The fraction of sp³-hybridized carbons (Fsp3) is 0.393. The summed E-state index contributed by atoms with van der Waals surface area (Å²) in [5.74, 6) is -1.09. The zero-order valence-corrected chi connectivity index (χ0v) is 73.0. The van der Waals surface area contributed by atoms with E-state index < -0.39 is 21.7 Å². The van der Waals surface area contributed by atoms with E-state index in [9.17, 15) is 0 Å². The van der Waals surface area contributed by atoms with Gasteiger partial charge >= 0.3 is 23.9 Å². The van der Waals surface area contributed by atoms with Crippen molar-refractivity contribution in [2.75, 3.05) is 26.4 Å². The molecule has 31 rings (SSSR count). The Morgan fingerprint density at radius 2 is 0.395 bits per heavy atom. The molecular formula is C112H116N4O8. The van der Waals surface area contributed by atoms with E-state index in [0.29, 0.717) is 101 Å². The molecular weight excluding hydrogens is 1530 g/mol. The molecule has 0 fully saturated rings. The van der Waals surface area contributed by atoms with Gasteiger partial charge in [0.05, 0.1) is 49.2 Å². The maximum atomic E-state index is 15.5. The fourth-order valence-corrected chi connectivity index (χ4v) is 22.2. The average molecular weight is 1650 g/mol. The predicted octanol–water partition coefficient (Wildman–Crippen LogP) is 28.0. The zero-order valence-electron chi connectivity index (χ0n) is 73.0. The summed E-state index contributed by atoms with van der Waals surface area (Å²) < 4.78 is 26.0. The van der Waals surface area contributed by atoms with Gasteiger partial charge < -0.3 is 18.9 Å². The van der Waals surface area contributed by atoms with Crippen LogP contribution in [0.25, 0.3) is 108 Å². The quantitative estimate of drug-likeness (QED) is 0.0133. The molecule has 632 valence electrons. The van der Waals surface area contributed by atoms with Crippen molar-refractivity contribution in [2.45, 2.75) is 233 Å². The van der Waals surface area contributed by atoms with Crippen LogP contribution in [0.2, 0.25) is 0 Å². The summed E-state index contributed by atoms with van der Waals surface area (Å²) in [4.78, 5) is 83.9. The van der Waals surface area contributed by atoms with Crippen LogP contribution in [0.15, 0.2) is 190 Å². The number of esters is 4. The molecule has 0 radical (unpaired) electrons. The minimum atomic E-state index is -1.14. The molecule has 36 bridgehead atoms. The number of ether oxygens (including phenoxy) is 4. The standard InChI is InChI=1S/C112H116N4O8/c1-5-9-13-17-21-25-57-121-105(117)109-61-73-41-49-85-87-51-43-75-63-111(107(119)123-59-27-23-19-15-11-7-3,64-76-44-52-88(102(87)98(75)76)86-50-42-74(62-109)97(73)101(85)86)71-115-95-39-31-36-84-83(95)35-32-40-96(84)116-72-112(108(120)124-60-28-24-20-16-12-8-4)67-79-47-55-91-89-53-45-77-65-110(106(118)122-58-26-22-18-14-10-6-2,70-114-94-38-30-33-81-82(94)34-29-37-93(81)113-69-109)66-78-46-54-90(103(89)99(77)78)92-56-48-80(68-112)100(79)104(91)92/h29-56,69-72H,5-28,57-68H2,1-4H3. The van der Waals surface area contributed by atoms with Gasteiger partial charge in [-0.3, -0.25) is 39.1 Å². The number of hydrogen-bond acceptors (Lipinski definition) is 12. The number of carbonyl (C=O) groups excluding carboxylic acids is 4. The first kappa shape index (κ1) is 82.4. The molecule has 17 aliphatic rings. The lowest BCUT2D eigenvalue weighted by Crippen LogP contribution is -2.41. The number of benzene rings is 14. The van der Waals surface area contributed by atoms with Crippen molar-refractivity contribution < 1.29 is 38.1 Å². The van der Waals surface area contributed by atoms with Crippen LogP contribution < -0.4 is 0 Å². The number of aliphatic imine (C=N–C) groups is 4. The van der Waals surface area contributed by atoms with E-state index in [2.05, 4.69) is 149 Å². The van der Waals surface area contributed by atoms with Crippen molar-refractivity contribution in [2.24, 2.45) is 41.6 Å². The van der Waals surface area contributed by atoms with Crippen molar-refractivity contribution in [1.82, 2.24) is 0 Å². The van der Waals surface area contributed by atoms with Gasteiger partial charge in [-0.25, -0.2) is 0 Å². The second-order valence-corrected chi connectivity index (χ2v) is 37.2. The zero-order chi connectivity index (χ0) is 84.5. The normalized spacial score (nSPS) is 18.9. The highest BCUT2D eigenvalue weighted by atomic mass is 16.5. The summed E-state index contributed by atoms with van der Waals surface area (Å²) in [6, 6.07) is 60.6. The van der Waals surface area contributed by atoms with E-state index in [4.69, 9.17) is 38.9 Å². The van der Waals surface area contributed by atoms with Crippen molar-refractivity contribution in [3.8, 4) is 0 Å². The molecule has 13 aliphatic heterocycles. The van der Waals surface area contributed by atoms with Crippen molar-refractivity contribution >= 4 is 179 Å². The first-order valence-corrected chi connectivity index (χ1v) is 47.1. The van der Waals surface area contributed by atoms with Gasteiger partial charge in [-0.05, 0) is 232 Å². The van der Waals surface area contributed by atoms with Gasteiger partial charge in [0.1, 0.15) is 21.7 Å². The molecule has 4 aliphatic carbocycles. The minimum Gasteiger partial charge on any atom is -0.465 e. The molecule has 0 N–H and O–H groups in total. The number of rotatable bonds is 32. The van der Waals surface area contributed by atoms with Crippen molar-refractivity contribution in [1.29, 1.82) is 0 Å². The molecule has 0 amide bonds. The topological polar surface area (TPSA) is 155 Å². The summed E-state index contributed by atoms with van der Waals surface area (Å²) in [5.41, 5.74) is 6.82. The van der Waals surface area contributed by atoms with Gasteiger partial charge in [-0.15, -0.1) is 0 Å². The lowest BCUT2D eigenvalue weighted by Gasteiger charge is -2.35. The first-order chi connectivity index (χ1) is 60.9. The van der Waals surface area contributed by atoms with Crippen LogP contribution in [0.4, 0.5) is 22.7 Å². The Kier molecular flexibility index (Phi) is 23.5. The molecule has 14 aromatic carbocycles. The number of nitrogens with zero attached hydrogens (tertiary/aromatic N) is 4. The second-order valence-electron chi connectivity index (χ2n) is 37.2. The molecule has 12 heteroatoms. The lowest BCUT2D eigenvalue weighted by atomic mass is 9.68. The Balaban J connectivity index is 0.760. The summed E-state index contributed by atoms with van der Waals surface area (Å²) in [5, 5.41) is 22.1. The van der Waals surface area contributed by atoms with E-state index in [1.165, 1.54) is 94.5 Å². The summed E-state index contributed by atoms with van der Waals surface area (Å²) >= 11 is 0. The van der Waals surface area contributed by atoms with Gasteiger partial charge in [0, 0.05) is 46.4 Å². The van der Waals surface area contributed by atoms with Gasteiger partial charge in [0.15, 0.2) is 0 Å². The van der Waals surface area contributed by atoms with Crippen LogP contribution in [-0.4, -0.2) is 75.2 Å². The smallest absolute Gasteiger partial charge is 0.318 e. The molecule has 0 atom stereocenters. The third-order valence-corrected chi connectivity index (χ3v) is 28.6. The van der Waals surface area contributed by atoms with E-state index in [0.717, 1.165) is 212 Å². The summed E-state index contributed by atoms with van der Waals surface area (Å²) in [7, 11) is 0. The monoisotopic (exact) mass is 1640 g/mol. The number of unbranched alkanes of at least 4 members (excludes halogenated alkanes) is 20. The van der Waals surface area contributed by atoms with Crippen LogP contribution in [0.3, 0.4) is 0 Å². The molecule has 0 saturated carbocycles. The Morgan fingerprint density at radius 3 is 0.581 bits per heavy atom. The average Bonchev–Trinajstić information content (AvgIpc) is 0.695. The van der Waals surface area contributed by atoms with Crippen LogP contribution in [-0.2, 0) is 89.5 Å². The maximum absolute atomic E-state index is 15.5. The molecule has 13 heterocycles. The first-order valence-electron chi connectivity index (χ1n) is 47.1. The molecule has 12 nitrogen and oxygen atoms in total. The molecule has 0 unspecified atom stereocenters. The van der Waals surface area contributed by atoms with Crippen LogP contribution >= 0.6 is 0 Å². The predicted molar refractivity (Wildman–Crippen MR) is 513 cm³/mol. The molecule has 0 saturated heterocycles. The van der Waals surface area contributed by atoms with Gasteiger partial charge in [0.2, 0.25) is 0 Å². The molecule has 0 aromatic heterocycles. The summed E-state index contributed by atoms with van der Waals surface area (Å²) in [6.45, 7) is 10.3. The Hall–Kier alpha value is -11.2. The van der Waals surface area contributed by atoms with Crippen LogP contribution in [0.5, 0.6) is 0 Å². The van der Waals surface area contributed by atoms with Gasteiger partial charge in [0.25, 0.3) is 0 Å². The second kappa shape index (κ2) is 35.4. The highest BCUT2D eigenvalue weighted by Gasteiger charge is 2.48. The van der Waals surface area contributed by atoms with E-state index >= 15 is 19.2 Å². The molecule has 0 spiro atoms. The number of hydrogen-bond donors (Lipinski definition) is 0. The Morgan fingerprint density at radius 1 is 0.218 bits per heavy atom. The number of carbonyl (C=O) groups is 4. The Labute approximate surface area is 728 Å². The maximum Gasteiger partial charge on any atom is 0.318 e. The Bertz CT molecular complexity index is 5610. The molecule has 124 heavy (non-hydrogen) atoms. The highest BCUT2D eigenvalue weighted by Crippen LogP contribution is 2.54. The molecule has 14 aromatic rings. The SMILES string of the molecule is CCCCCCCCOC(=O)C12C=Nc3cccc4c(cccc34)N=CC3(C(=O)OCCCCCCCC)Cc4ccc5c6ccc7c8c(ccc(c9ccc(c4c59)C3)c86)CC(C(=O)OCCCCCCCC)(C=Nc3cccc4c(cccc34)N=CC3(C(=O)OCCCCCCCC)Cc4ccc5c6ccc(c8c(ccc(c9ccc(c4c59)C3)c86)C1)C2)C7. The van der Waals surface area contributed by atoms with Crippen molar-refractivity contribution in [3.05, 3.63) is 214 Å². The fourth-order valence-electron chi connectivity index (χ4n) is 22.2. The highest BCUT2D eigenvalue weighted by molar-refractivity contribution is 6.36. The minimum absolute atomic E-state index is 0.272. The third-order valence-electron chi connectivity index (χ3n) is 28.6. The van der Waals surface area contributed by atoms with Crippen LogP contribution in [0.1, 0.15) is 226 Å². The van der Waals surface area contributed by atoms with Gasteiger partial charge in [-0.1, -0.05) is 302 Å². The van der Waals surface area contributed by atoms with Crippen LogP contribution in [0, 0.1) is 21.7 Å². The lowest BCUT2D eigenvalue weighted by molar-refractivity contribution is -0.152. The third kappa shape index (κ3) is 15.2. The van der Waals surface area contributed by atoms with E-state index in [1.807, 2.05) is 73.4 Å². The van der Waals surface area contributed by atoms with Gasteiger partial charge in [-0.2, -0.15) is 0 Å². The van der Waals surface area contributed by atoms with E-state index in [-0.39, 0.29) is 23.9 Å². The summed E-state index contributed by atoms with van der Waals surface area (Å²) in [6.07, 6.45) is 36.5. The van der Waals surface area contributed by atoms with Crippen molar-refractivity contribution in [3.63, 3.8) is 0 Å². The largest absolute Gasteiger partial charge is 0.465 e.